The van der Waals surface area contributed by atoms with E-state index in [2.05, 4.69) is 34.1 Å². The lowest BCUT2D eigenvalue weighted by atomic mass is 10.1. The molecule has 5 rings (SSSR count). The van der Waals surface area contributed by atoms with Gasteiger partial charge in [-0.1, -0.05) is 54.6 Å². The number of hydrogen-bond acceptors (Lipinski definition) is 7. The summed E-state index contributed by atoms with van der Waals surface area (Å²) >= 11 is 1.48. The summed E-state index contributed by atoms with van der Waals surface area (Å²) in [7, 11) is 3.24. The van der Waals surface area contributed by atoms with Crippen molar-refractivity contribution in [2.24, 2.45) is 0 Å². The highest BCUT2D eigenvalue weighted by Gasteiger charge is 2.24. The predicted octanol–water partition coefficient (Wildman–Crippen LogP) is 5.50. The van der Waals surface area contributed by atoms with E-state index in [9.17, 15) is 9.18 Å². The molecular formula is C33H37FN4O3S. The van der Waals surface area contributed by atoms with E-state index in [-0.39, 0.29) is 11.7 Å². The van der Waals surface area contributed by atoms with E-state index < -0.39 is 0 Å². The Balaban J connectivity index is 1.22. The van der Waals surface area contributed by atoms with E-state index in [1.54, 1.807) is 20.3 Å². The predicted molar refractivity (Wildman–Crippen MR) is 164 cm³/mol. The van der Waals surface area contributed by atoms with Crippen molar-refractivity contribution >= 4 is 17.2 Å². The average molecular weight is 589 g/mol. The molecule has 42 heavy (non-hydrogen) atoms. The molecule has 0 spiro atoms. The molecule has 0 radical (unpaired) electrons. The van der Waals surface area contributed by atoms with Crippen LogP contribution >= 0.6 is 11.3 Å². The van der Waals surface area contributed by atoms with Crippen LogP contribution < -0.4 is 9.47 Å². The molecule has 4 aromatic rings. The van der Waals surface area contributed by atoms with Crippen molar-refractivity contribution in [1.82, 2.24) is 19.7 Å². The summed E-state index contributed by atoms with van der Waals surface area (Å²) in [4.78, 5) is 24.5. The summed E-state index contributed by atoms with van der Waals surface area (Å²) in [6, 6.07) is 23.2. The highest BCUT2D eigenvalue weighted by molar-refractivity contribution is 7.09. The van der Waals surface area contributed by atoms with Gasteiger partial charge in [0.25, 0.3) is 5.91 Å². The summed E-state index contributed by atoms with van der Waals surface area (Å²) in [5.41, 5.74) is 3.49. The van der Waals surface area contributed by atoms with Gasteiger partial charge in [0, 0.05) is 56.8 Å². The third kappa shape index (κ3) is 7.73. The average Bonchev–Trinajstić information content (AvgIpc) is 3.49. The van der Waals surface area contributed by atoms with E-state index in [0.717, 1.165) is 36.6 Å². The van der Waals surface area contributed by atoms with Crippen molar-refractivity contribution in [1.29, 1.82) is 0 Å². The molecule has 2 heterocycles. The number of thiazole rings is 1. The van der Waals surface area contributed by atoms with Crippen LogP contribution in [0.25, 0.3) is 0 Å². The van der Waals surface area contributed by atoms with Gasteiger partial charge < -0.3 is 14.4 Å². The van der Waals surface area contributed by atoms with Crippen LogP contribution in [-0.4, -0.2) is 72.5 Å². The second-order valence-electron chi connectivity index (χ2n) is 10.4. The van der Waals surface area contributed by atoms with Crippen LogP contribution in [0.15, 0.2) is 78.2 Å². The fourth-order valence-corrected chi connectivity index (χ4v) is 6.00. The number of aromatic nitrogens is 1. The standard InChI is InChI=1S/C33H37FN4O3S/c1-40-30-13-12-25(20-31(30)41-2)14-15-37(22-27-10-6-7-11-28(27)34)23-32-35-29(24-42-32)33(39)38-18-16-36(17-19-38)21-26-8-4-3-5-9-26/h3-13,20,24H,14-19,21-23H2,1-2H3. The van der Waals surface area contributed by atoms with Crippen molar-refractivity contribution < 1.29 is 18.7 Å². The maximum atomic E-state index is 14.6. The van der Waals surface area contributed by atoms with E-state index in [1.807, 2.05) is 46.7 Å². The largest absolute Gasteiger partial charge is 0.493 e. The van der Waals surface area contributed by atoms with Crippen molar-refractivity contribution in [3.8, 4) is 11.5 Å². The Kier molecular flexibility index (Phi) is 10.2. The van der Waals surface area contributed by atoms with Gasteiger partial charge in [0.2, 0.25) is 0 Å². The lowest BCUT2D eigenvalue weighted by Gasteiger charge is -2.34. The fraction of sp³-hybridized carbons (Fsp3) is 0.333. The number of piperazine rings is 1. The maximum absolute atomic E-state index is 14.6. The van der Waals surface area contributed by atoms with Gasteiger partial charge in [-0.25, -0.2) is 9.37 Å². The van der Waals surface area contributed by atoms with Gasteiger partial charge in [-0.2, -0.15) is 0 Å². The number of ether oxygens (including phenoxy) is 2. The Morgan fingerprint density at radius 1 is 0.905 bits per heavy atom. The molecule has 1 amide bonds. The minimum atomic E-state index is -0.227. The molecule has 0 aliphatic carbocycles. The van der Waals surface area contributed by atoms with Gasteiger partial charge in [-0.15, -0.1) is 11.3 Å². The summed E-state index contributed by atoms with van der Waals surface area (Å²) in [6.07, 6.45) is 0.735. The Hall–Kier alpha value is -3.79. The summed E-state index contributed by atoms with van der Waals surface area (Å²) in [6.45, 7) is 5.57. The summed E-state index contributed by atoms with van der Waals surface area (Å²) in [5.74, 6) is 1.11. The highest BCUT2D eigenvalue weighted by atomic mass is 32.1. The minimum Gasteiger partial charge on any atom is -0.493 e. The fourth-order valence-electron chi connectivity index (χ4n) is 5.19. The molecule has 1 saturated heterocycles. The Labute approximate surface area is 251 Å². The molecule has 1 aliphatic rings. The first-order valence-electron chi connectivity index (χ1n) is 14.2. The normalized spacial score (nSPS) is 13.9. The number of benzene rings is 3. The molecule has 1 aliphatic heterocycles. The van der Waals surface area contributed by atoms with Crippen LogP contribution in [0.1, 0.15) is 32.2 Å². The lowest BCUT2D eigenvalue weighted by molar-refractivity contribution is 0.0623. The van der Waals surface area contributed by atoms with Gasteiger partial charge in [0.05, 0.1) is 20.8 Å². The molecule has 3 aromatic carbocycles. The number of nitrogens with zero attached hydrogens (tertiary/aromatic N) is 4. The number of carbonyl (C=O) groups excluding carboxylic acids is 1. The van der Waals surface area contributed by atoms with Crippen LogP contribution in [0.3, 0.4) is 0 Å². The van der Waals surface area contributed by atoms with Crippen LogP contribution in [0, 0.1) is 5.82 Å². The molecule has 1 aromatic heterocycles. The Morgan fingerprint density at radius 3 is 2.38 bits per heavy atom. The van der Waals surface area contributed by atoms with Crippen LogP contribution in [-0.2, 0) is 26.1 Å². The van der Waals surface area contributed by atoms with Gasteiger partial charge in [-0.3, -0.25) is 14.6 Å². The molecule has 0 N–H and O–H groups in total. The maximum Gasteiger partial charge on any atom is 0.273 e. The SMILES string of the molecule is COc1ccc(CCN(Cc2nc(C(=O)N3CCN(Cc4ccccc4)CC3)cs2)Cc2ccccc2F)cc1OC. The zero-order valence-electron chi connectivity index (χ0n) is 24.2. The molecule has 1 fully saturated rings. The third-order valence-electron chi connectivity index (χ3n) is 7.55. The zero-order chi connectivity index (χ0) is 29.3. The molecule has 0 saturated carbocycles. The van der Waals surface area contributed by atoms with Crippen LogP contribution in [0.4, 0.5) is 4.39 Å². The first-order chi connectivity index (χ1) is 20.5. The Morgan fingerprint density at radius 2 is 1.64 bits per heavy atom. The van der Waals surface area contributed by atoms with Crippen molar-refractivity contribution in [3.63, 3.8) is 0 Å². The molecule has 7 nitrogen and oxygen atoms in total. The molecule has 220 valence electrons. The zero-order valence-corrected chi connectivity index (χ0v) is 25.0. The number of hydrogen-bond donors (Lipinski definition) is 0. The monoisotopic (exact) mass is 588 g/mol. The molecular weight excluding hydrogens is 551 g/mol. The van der Waals surface area contributed by atoms with Crippen molar-refractivity contribution in [2.45, 2.75) is 26.1 Å². The first kappa shape index (κ1) is 29.7. The number of halogens is 1. The van der Waals surface area contributed by atoms with Crippen LogP contribution in [0.2, 0.25) is 0 Å². The summed E-state index contributed by atoms with van der Waals surface area (Å²) < 4.78 is 25.4. The Bertz CT molecular complexity index is 1460. The van der Waals surface area contributed by atoms with Crippen LogP contribution in [0.5, 0.6) is 11.5 Å². The van der Waals surface area contributed by atoms with E-state index >= 15 is 0 Å². The number of carbonyl (C=O) groups is 1. The van der Waals surface area contributed by atoms with E-state index in [4.69, 9.17) is 14.5 Å². The van der Waals surface area contributed by atoms with E-state index in [1.165, 1.54) is 23.0 Å². The number of methoxy groups -OCH3 is 2. The van der Waals surface area contributed by atoms with Gasteiger partial charge in [-0.05, 0) is 35.7 Å². The van der Waals surface area contributed by atoms with Gasteiger partial charge in [0.1, 0.15) is 16.5 Å². The lowest BCUT2D eigenvalue weighted by Crippen LogP contribution is -2.48. The second-order valence-corrected chi connectivity index (χ2v) is 11.4. The summed E-state index contributed by atoms with van der Waals surface area (Å²) in [5, 5.41) is 2.69. The highest BCUT2D eigenvalue weighted by Crippen LogP contribution is 2.28. The van der Waals surface area contributed by atoms with E-state index in [0.29, 0.717) is 55.5 Å². The smallest absolute Gasteiger partial charge is 0.273 e. The quantitative estimate of drug-likeness (QED) is 0.218. The van der Waals surface area contributed by atoms with Gasteiger partial charge in [0.15, 0.2) is 11.5 Å². The molecule has 0 unspecified atom stereocenters. The van der Waals surface area contributed by atoms with Crippen molar-refractivity contribution in [3.05, 3.63) is 111 Å². The molecule has 0 atom stereocenters. The molecule has 0 bridgehead atoms. The molecule has 9 heteroatoms. The second kappa shape index (κ2) is 14.4. The third-order valence-corrected chi connectivity index (χ3v) is 8.39. The minimum absolute atomic E-state index is 0.0251. The topological polar surface area (TPSA) is 58.1 Å². The van der Waals surface area contributed by atoms with Gasteiger partial charge >= 0.3 is 0 Å². The number of amides is 1. The first-order valence-corrected chi connectivity index (χ1v) is 15.1. The number of rotatable bonds is 12. The van der Waals surface area contributed by atoms with Crippen molar-refractivity contribution in [2.75, 3.05) is 46.9 Å².